The summed E-state index contributed by atoms with van der Waals surface area (Å²) < 4.78 is 5.02. The number of aryl methyl sites for hydroxylation is 2. The van der Waals surface area contributed by atoms with Crippen LogP contribution in [0.3, 0.4) is 0 Å². The summed E-state index contributed by atoms with van der Waals surface area (Å²) in [5, 5.41) is 6.26. The summed E-state index contributed by atoms with van der Waals surface area (Å²) in [6.07, 6.45) is 2.45. The van der Waals surface area contributed by atoms with Crippen LogP contribution in [-0.4, -0.2) is 52.6 Å². The van der Waals surface area contributed by atoms with Crippen LogP contribution in [0.15, 0.2) is 30.6 Å². The fourth-order valence-electron chi connectivity index (χ4n) is 3.24. The third-order valence-corrected chi connectivity index (χ3v) is 4.91. The molecule has 8 nitrogen and oxygen atoms in total. The molecule has 2 heterocycles. The Morgan fingerprint density at radius 3 is 2.66 bits per heavy atom. The van der Waals surface area contributed by atoms with Gasteiger partial charge in [-0.3, -0.25) is 4.79 Å². The maximum Gasteiger partial charge on any atom is 0.409 e. The minimum atomic E-state index is -0.296. The third-order valence-electron chi connectivity index (χ3n) is 4.91. The van der Waals surface area contributed by atoms with Crippen molar-refractivity contribution >= 4 is 23.5 Å². The smallest absolute Gasteiger partial charge is 0.409 e. The maximum absolute atomic E-state index is 12.6. The predicted octanol–water partition coefficient (Wildman–Crippen LogP) is 3.19. The van der Waals surface area contributed by atoms with E-state index < -0.39 is 0 Å². The van der Waals surface area contributed by atoms with Crippen LogP contribution in [0.25, 0.3) is 0 Å². The molecule has 0 spiro atoms. The van der Waals surface area contributed by atoms with E-state index in [1.54, 1.807) is 17.9 Å². The van der Waals surface area contributed by atoms with Crippen LogP contribution in [-0.2, 0) is 4.74 Å². The van der Waals surface area contributed by atoms with Gasteiger partial charge in [0.05, 0.1) is 6.61 Å². The van der Waals surface area contributed by atoms with E-state index in [1.165, 1.54) is 6.33 Å². The number of amides is 2. The molecule has 2 N–H and O–H groups in total. The fourth-order valence-corrected chi connectivity index (χ4v) is 3.24. The average Bonchev–Trinajstić information content (AvgIpc) is 2.71. The van der Waals surface area contributed by atoms with Gasteiger partial charge in [-0.2, -0.15) is 0 Å². The van der Waals surface area contributed by atoms with E-state index in [2.05, 4.69) is 20.6 Å². The lowest BCUT2D eigenvalue weighted by Gasteiger charge is -2.31. The molecular formula is C21H27N5O3. The van der Waals surface area contributed by atoms with E-state index in [4.69, 9.17) is 4.74 Å². The summed E-state index contributed by atoms with van der Waals surface area (Å²) in [7, 11) is 0. The Morgan fingerprint density at radius 1 is 1.17 bits per heavy atom. The molecule has 1 aliphatic rings. The minimum absolute atomic E-state index is 0.00133. The van der Waals surface area contributed by atoms with E-state index >= 15 is 0 Å². The highest BCUT2D eigenvalue weighted by atomic mass is 16.6. The van der Waals surface area contributed by atoms with E-state index in [0.717, 1.165) is 16.8 Å². The molecule has 1 aromatic carbocycles. The standard InChI is InChI=1S/C21H27N5O3/c1-4-29-21(28)26-9-7-16(8-10-26)24-20(27)18-12-19(23-13-22-18)25-17-11-14(2)5-6-15(17)3/h5-6,11-13,16H,4,7-10H2,1-3H3,(H,24,27)(H,22,23,25). The first-order valence-electron chi connectivity index (χ1n) is 9.85. The molecule has 2 aromatic rings. The van der Waals surface area contributed by atoms with Crippen LogP contribution in [0.2, 0.25) is 0 Å². The van der Waals surface area contributed by atoms with Gasteiger partial charge < -0.3 is 20.3 Å². The predicted molar refractivity (Wildman–Crippen MR) is 110 cm³/mol. The van der Waals surface area contributed by atoms with Gasteiger partial charge in [-0.25, -0.2) is 14.8 Å². The molecule has 0 unspecified atom stereocenters. The second kappa shape index (κ2) is 9.36. The Hall–Kier alpha value is -3.16. The number of ether oxygens (including phenoxy) is 1. The molecule has 0 saturated carbocycles. The Balaban J connectivity index is 1.59. The van der Waals surface area contributed by atoms with Crippen molar-refractivity contribution in [2.75, 3.05) is 25.0 Å². The van der Waals surface area contributed by atoms with Crippen molar-refractivity contribution in [3.05, 3.63) is 47.4 Å². The van der Waals surface area contributed by atoms with Crippen molar-refractivity contribution in [1.82, 2.24) is 20.2 Å². The first-order chi connectivity index (χ1) is 14.0. The van der Waals surface area contributed by atoms with Crippen LogP contribution in [0.4, 0.5) is 16.3 Å². The van der Waals surface area contributed by atoms with Crippen molar-refractivity contribution in [2.24, 2.45) is 0 Å². The second-order valence-corrected chi connectivity index (χ2v) is 7.17. The number of hydrogen-bond donors (Lipinski definition) is 2. The van der Waals surface area contributed by atoms with Gasteiger partial charge in [0.15, 0.2) is 0 Å². The SMILES string of the molecule is CCOC(=O)N1CCC(NC(=O)c2cc(Nc3cc(C)ccc3C)ncn2)CC1. The molecule has 154 valence electrons. The number of anilines is 2. The van der Waals surface area contributed by atoms with E-state index in [9.17, 15) is 9.59 Å². The van der Waals surface area contributed by atoms with Gasteiger partial charge in [0.25, 0.3) is 5.91 Å². The zero-order chi connectivity index (χ0) is 20.8. The molecule has 0 bridgehead atoms. The summed E-state index contributed by atoms with van der Waals surface area (Å²) in [6, 6.07) is 7.76. The number of nitrogens with one attached hydrogen (secondary N) is 2. The average molecular weight is 397 g/mol. The van der Waals surface area contributed by atoms with Crippen LogP contribution in [0.1, 0.15) is 41.4 Å². The van der Waals surface area contributed by atoms with Gasteiger partial charge in [0, 0.05) is 30.9 Å². The molecule has 2 amide bonds. The molecular weight excluding hydrogens is 370 g/mol. The van der Waals surface area contributed by atoms with E-state index in [-0.39, 0.29) is 18.0 Å². The van der Waals surface area contributed by atoms with Gasteiger partial charge >= 0.3 is 6.09 Å². The monoisotopic (exact) mass is 397 g/mol. The lowest BCUT2D eigenvalue weighted by Crippen LogP contribution is -2.46. The molecule has 0 atom stereocenters. The fraction of sp³-hybridized carbons (Fsp3) is 0.429. The molecule has 3 rings (SSSR count). The van der Waals surface area contributed by atoms with Crippen molar-refractivity contribution in [3.8, 4) is 0 Å². The van der Waals surface area contributed by atoms with Crippen molar-refractivity contribution in [3.63, 3.8) is 0 Å². The third kappa shape index (κ3) is 5.43. The van der Waals surface area contributed by atoms with Gasteiger partial charge in [-0.05, 0) is 50.8 Å². The van der Waals surface area contributed by atoms with Crippen molar-refractivity contribution in [2.45, 2.75) is 39.7 Å². The summed E-state index contributed by atoms with van der Waals surface area (Å²) >= 11 is 0. The van der Waals surface area contributed by atoms with Crippen molar-refractivity contribution < 1.29 is 14.3 Å². The summed E-state index contributed by atoms with van der Waals surface area (Å²) in [6.45, 7) is 7.31. The Kier molecular flexibility index (Phi) is 6.64. The zero-order valence-corrected chi connectivity index (χ0v) is 17.1. The zero-order valence-electron chi connectivity index (χ0n) is 17.1. The molecule has 1 aromatic heterocycles. The van der Waals surface area contributed by atoms with Gasteiger partial charge in [-0.15, -0.1) is 0 Å². The number of piperidine rings is 1. The lowest BCUT2D eigenvalue weighted by atomic mass is 10.1. The van der Waals surface area contributed by atoms with Crippen LogP contribution >= 0.6 is 0 Å². The molecule has 1 aliphatic heterocycles. The van der Waals surface area contributed by atoms with Crippen LogP contribution < -0.4 is 10.6 Å². The lowest BCUT2D eigenvalue weighted by molar-refractivity contribution is 0.0856. The highest BCUT2D eigenvalue weighted by Gasteiger charge is 2.25. The first-order valence-corrected chi connectivity index (χ1v) is 9.85. The first kappa shape index (κ1) is 20.6. The number of nitrogens with zero attached hydrogens (tertiary/aromatic N) is 3. The highest BCUT2D eigenvalue weighted by Crippen LogP contribution is 2.21. The Bertz CT molecular complexity index is 878. The van der Waals surface area contributed by atoms with Gasteiger partial charge in [0.1, 0.15) is 17.8 Å². The minimum Gasteiger partial charge on any atom is -0.450 e. The quantitative estimate of drug-likeness (QED) is 0.804. The topological polar surface area (TPSA) is 96.5 Å². The number of rotatable bonds is 5. The Morgan fingerprint density at radius 2 is 1.93 bits per heavy atom. The molecule has 0 aliphatic carbocycles. The molecule has 1 fully saturated rings. The van der Waals surface area contributed by atoms with E-state index in [1.807, 2.05) is 32.0 Å². The summed E-state index contributed by atoms with van der Waals surface area (Å²) in [5.74, 6) is 0.321. The largest absolute Gasteiger partial charge is 0.450 e. The Labute approximate surface area is 170 Å². The number of hydrogen-bond acceptors (Lipinski definition) is 6. The number of benzene rings is 1. The number of aromatic nitrogens is 2. The van der Waals surface area contributed by atoms with E-state index in [0.29, 0.717) is 44.0 Å². The number of carbonyl (C=O) groups is 2. The maximum atomic E-state index is 12.6. The van der Waals surface area contributed by atoms with Gasteiger partial charge in [-0.1, -0.05) is 12.1 Å². The number of carbonyl (C=O) groups excluding carboxylic acids is 2. The molecule has 8 heteroatoms. The highest BCUT2D eigenvalue weighted by molar-refractivity contribution is 5.93. The van der Waals surface area contributed by atoms with Crippen LogP contribution in [0, 0.1) is 13.8 Å². The second-order valence-electron chi connectivity index (χ2n) is 7.17. The number of likely N-dealkylation sites (tertiary alicyclic amines) is 1. The molecule has 1 saturated heterocycles. The molecule has 0 radical (unpaired) electrons. The van der Waals surface area contributed by atoms with Crippen LogP contribution in [0.5, 0.6) is 0 Å². The van der Waals surface area contributed by atoms with Gasteiger partial charge in [0.2, 0.25) is 0 Å². The normalized spacial score (nSPS) is 14.4. The van der Waals surface area contributed by atoms with Crippen molar-refractivity contribution in [1.29, 1.82) is 0 Å². The summed E-state index contributed by atoms with van der Waals surface area (Å²) in [5.41, 5.74) is 3.48. The summed E-state index contributed by atoms with van der Waals surface area (Å²) in [4.78, 5) is 34.4. The molecule has 29 heavy (non-hydrogen) atoms.